The molecule has 1 N–H and O–H groups in total. The van der Waals surface area contributed by atoms with Crippen molar-refractivity contribution in [2.24, 2.45) is 0 Å². The fraction of sp³-hybridized carbons (Fsp3) is 0.571. The minimum atomic E-state index is -0.00606. The molecule has 0 aliphatic carbocycles. The van der Waals surface area contributed by atoms with Gasteiger partial charge in [0.2, 0.25) is 0 Å². The smallest absolute Gasteiger partial charge is 0.313 e. The Morgan fingerprint density at radius 2 is 2.50 bits per heavy atom. The molecule has 10 heavy (non-hydrogen) atoms. The van der Waals surface area contributed by atoms with E-state index in [-0.39, 0.29) is 5.69 Å². The first-order chi connectivity index (χ1) is 4.84. The quantitative estimate of drug-likeness (QED) is 0.667. The standard InChI is InChI=1S/C7H12N2O/c1-2-3-5-9-6-4-8-7(9)10/h4,6H,2-3,5H2,1H3,(H,8,10). The Bertz CT molecular complexity index is 236. The maximum absolute atomic E-state index is 10.8. The highest BCUT2D eigenvalue weighted by atomic mass is 16.1. The number of nitrogens with one attached hydrogen (secondary N) is 1. The summed E-state index contributed by atoms with van der Waals surface area (Å²) in [6.07, 6.45) is 5.63. The molecule has 0 spiro atoms. The van der Waals surface area contributed by atoms with Crippen molar-refractivity contribution in [3.8, 4) is 0 Å². The van der Waals surface area contributed by atoms with Crippen molar-refractivity contribution in [2.45, 2.75) is 26.3 Å². The Morgan fingerprint density at radius 1 is 1.70 bits per heavy atom. The number of hydrogen-bond donors (Lipinski definition) is 1. The highest BCUT2D eigenvalue weighted by Crippen LogP contribution is 1.89. The summed E-state index contributed by atoms with van der Waals surface area (Å²) in [7, 11) is 0. The molecule has 0 amide bonds. The van der Waals surface area contributed by atoms with Gasteiger partial charge in [0, 0.05) is 18.9 Å². The second kappa shape index (κ2) is 3.25. The predicted molar refractivity (Wildman–Crippen MR) is 40.0 cm³/mol. The van der Waals surface area contributed by atoms with E-state index in [4.69, 9.17) is 0 Å². The van der Waals surface area contributed by atoms with Gasteiger partial charge < -0.3 is 4.98 Å². The van der Waals surface area contributed by atoms with E-state index in [1.54, 1.807) is 17.0 Å². The summed E-state index contributed by atoms with van der Waals surface area (Å²) >= 11 is 0. The van der Waals surface area contributed by atoms with E-state index in [1.807, 2.05) is 0 Å². The molecule has 0 bridgehead atoms. The van der Waals surface area contributed by atoms with Crippen LogP contribution in [0.2, 0.25) is 0 Å². The molecule has 56 valence electrons. The number of H-pyrrole nitrogens is 1. The maximum Gasteiger partial charge on any atom is 0.325 e. The van der Waals surface area contributed by atoms with E-state index in [0.29, 0.717) is 0 Å². The first kappa shape index (κ1) is 7.12. The zero-order valence-corrected chi connectivity index (χ0v) is 6.13. The summed E-state index contributed by atoms with van der Waals surface area (Å²) in [5, 5.41) is 0. The van der Waals surface area contributed by atoms with Crippen LogP contribution in [0.15, 0.2) is 17.2 Å². The Labute approximate surface area is 59.7 Å². The first-order valence-electron chi connectivity index (χ1n) is 3.58. The average molecular weight is 140 g/mol. The lowest BCUT2D eigenvalue weighted by atomic mass is 10.3. The number of aromatic amines is 1. The van der Waals surface area contributed by atoms with Gasteiger partial charge in [0.25, 0.3) is 0 Å². The molecule has 1 aromatic rings. The number of hydrogen-bond acceptors (Lipinski definition) is 1. The Morgan fingerprint density at radius 3 is 3.00 bits per heavy atom. The summed E-state index contributed by atoms with van der Waals surface area (Å²) in [6.45, 7) is 2.94. The van der Waals surface area contributed by atoms with Gasteiger partial charge in [-0.3, -0.25) is 4.57 Å². The van der Waals surface area contributed by atoms with Crippen LogP contribution in [0.25, 0.3) is 0 Å². The first-order valence-corrected chi connectivity index (χ1v) is 3.58. The van der Waals surface area contributed by atoms with Gasteiger partial charge in [-0.05, 0) is 6.42 Å². The molecule has 0 aliphatic heterocycles. The van der Waals surface area contributed by atoms with Crippen molar-refractivity contribution in [3.63, 3.8) is 0 Å². The SMILES string of the molecule is CCCCn1cc[nH]c1=O. The van der Waals surface area contributed by atoms with Crippen LogP contribution < -0.4 is 5.69 Å². The van der Waals surface area contributed by atoms with E-state index < -0.39 is 0 Å². The van der Waals surface area contributed by atoms with Crippen molar-refractivity contribution in [1.29, 1.82) is 0 Å². The predicted octanol–water partition coefficient (Wildman–Crippen LogP) is 0.976. The topological polar surface area (TPSA) is 37.8 Å². The van der Waals surface area contributed by atoms with E-state index in [2.05, 4.69) is 11.9 Å². The lowest BCUT2D eigenvalue weighted by Crippen LogP contribution is -2.15. The molecule has 0 unspecified atom stereocenters. The van der Waals surface area contributed by atoms with Gasteiger partial charge in [0.15, 0.2) is 0 Å². The minimum Gasteiger partial charge on any atom is -0.313 e. The van der Waals surface area contributed by atoms with Gasteiger partial charge in [0.05, 0.1) is 0 Å². The number of imidazole rings is 1. The van der Waals surface area contributed by atoms with Crippen LogP contribution in [0.3, 0.4) is 0 Å². The van der Waals surface area contributed by atoms with Crippen molar-refractivity contribution in [2.75, 3.05) is 0 Å². The monoisotopic (exact) mass is 140 g/mol. The normalized spacial score (nSPS) is 10.1. The molecule has 1 aromatic heterocycles. The summed E-state index contributed by atoms with van der Waals surface area (Å²) in [5.41, 5.74) is -0.00606. The van der Waals surface area contributed by atoms with Gasteiger partial charge in [-0.1, -0.05) is 13.3 Å². The number of nitrogens with zero attached hydrogens (tertiary/aromatic N) is 1. The third-order valence-corrected chi connectivity index (χ3v) is 1.47. The summed E-state index contributed by atoms with van der Waals surface area (Å²) in [5.74, 6) is 0. The zero-order chi connectivity index (χ0) is 7.40. The van der Waals surface area contributed by atoms with Crippen LogP contribution in [-0.2, 0) is 6.54 Å². The van der Waals surface area contributed by atoms with Crippen molar-refractivity contribution < 1.29 is 0 Å². The highest BCUT2D eigenvalue weighted by molar-refractivity contribution is 4.75. The number of rotatable bonds is 3. The molecular formula is C7H12N2O. The minimum absolute atomic E-state index is 0.00606. The van der Waals surface area contributed by atoms with Crippen LogP contribution in [0.1, 0.15) is 19.8 Å². The van der Waals surface area contributed by atoms with E-state index in [9.17, 15) is 4.79 Å². The molecule has 0 aliphatic rings. The van der Waals surface area contributed by atoms with Gasteiger partial charge in [-0.2, -0.15) is 0 Å². The zero-order valence-electron chi connectivity index (χ0n) is 6.13. The third kappa shape index (κ3) is 1.50. The van der Waals surface area contributed by atoms with E-state index in [0.717, 1.165) is 19.4 Å². The maximum atomic E-state index is 10.8. The van der Waals surface area contributed by atoms with Crippen LogP contribution in [0.5, 0.6) is 0 Å². The van der Waals surface area contributed by atoms with Crippen LogP contribution in [0, 0.1) is 0 Å². The molecule has 1 heterocycles. The molecular weight excluding hydrogens is 128 g/mol. The van der Waals surface area contributed by atoms with Gasteiger partial charge in [-0.15, -0.1) is 0 Å². The highest BCUT2D eigenvalue weighted by Gasteiger charge is 1.91. The van der Waals surface area contributed by atoms with Gasteiger partial charge in [-0.25, -0.2) is 4.79 Å². The average Bonchev–Trinajstić information content (AvgIpc) is 2.31. The molecule has 3 nitrogen and oxygen atoms in total. The molecule has 0 atom stereocenters. The van der Waals surface area contributed by atoms with Crippen molar-refractivity contribution in [1.82, 2.24) is 9.55 Å². The van der Waals surface area contributed by atoms with Crippen LogP contribution in [-0.4, -0.2) is 9.55 Å². The second-order valence-electron chi connectivity index (χ2n) is 2.31. The summed E-state index contributed by atoms with van der Waals surface area (Å²) in [6, 6.07) is 0. The molecule has 0 radical (unpaired) electrons. The number of aromatic nitrogens is 2. The number of aryl methyl sites for hydroxylation is 1. The summed E-state index contributed by atoms with van der Waals surface area (Å²) in [4.78, 5) is 13.4. The molecule has 3 heteroatoms. The fourth-order valence-electron chi connectivity index (χ4n) is 0.854. The Hall–Kier alpha value is -0.990. The number of unbranched alkanes of at least 4 members (excludes halogenated alkanes) is 1. The summed E-state index contributed by atoms with van der Waals surface area (Å²) < 4.78 is 1.68. The largest absolute Gasteiger partial charge is 0.325 e. The molecule has 0 aromatic carbocycles. The van der Waals surface area contributed by atoms with Crippen LogP contribution in [0.4, 0.5) is 0 Å². The van der Waals surface area contributed by atoms with E-state index in [1.165, 1.54) is 0 Å². The Balaban J connectivity index is 2.57. The van der Waals surface area contributed by atoms with Crippen LogP contribution >= 0.6 is 0 Å². The second-order valence-corrected chi connectivity index (χ2v) is 2.31. The third-order valence-electron chi connectivity index (χ3n) is 1.47. The van der Waals surface area contributed by atoms with Crippen molar-refractivity contribution >= 4 is 0 Å². The molecule has 0 saturated carbocycles. The van der Waals surface area contributed by atoms with Crippen molar-refractivity contribution in [3.05, 3.63) is 22.9 Å². The molecule has 0 saturated heterocycles. The van der Waals surface area contributed by atoms with Gasteiger partial charge >= 0.3 is 5.69 Å². The molecule has 0 fully saturated rings. The lowest BCUT2D eigenvalue weighted by molar-refractivity contribution is 0.615. The lowest BCUT2D eigenvalue weighted by Gasteiger charge is -1.95. The Kier molecular flexibility index (Phi) is 2.31. The molecule has 1 rings (SSSR count). The fourth-order valence-corrected chi connectivity index (χ4v) is 0.854. The van der Waals surface area contributed by atoms with Gasteiger partial charge in [0.1, 0.15) is 0 Å². The van der Waals surface area contributed by atoms with E-state index >= 15 is 0 Å².